The molecule has 0 saturated carbocycles. The van der Waals surface area contributed by atoms with Gasteiger partial charge in [-0.25, -0.2) is 0 Å². The molecule has 0 unspecified atom stereocenters. The normalized spacial score (nSPS) is 12.5. The van der Waals surface area contributed by atoms with Crippen LogP contribution in [0, 0.1) is 0 Å². The number of hydrogen-bond acceptors (Lipinski definition) is 4. The van der Waals surface area contributed by atoms with Crippen LogP contribution in [0.2, 0.25) is 0 Å². The van der Waals surface area contributed by atoms with Crippen molar-refractivity contribution in [2.75, 3.05) is 0 Å². The Morgan fingerprint density at radius 2 is 0.967 bits per heavy atom. The van der Waals surface area contributed by atoms with Crippen LogP contribution >= 0.6 is 21.6 Å². The second-order valence-corrected chi connectivity index (χ2v) is 9.77. The van der Waals surface area contributed by atoms with Crippen molar-refractivity contribution in [3.63, 3.8) is 0 Å². The lowest BCUT2D eigenvalue weighted by Crippen LogP contribution is -2.13. The molecule has 158 valence electrons. The number of carbonyl (C=O) groups excluding carboxylic acids is 2. The third-order valence-corrected chi connectivity index (χ3v) is 6.92. The van der Waals surface area contributed by atoms with Gasteiger partial charge in [0.25, 0.3) is 11.8 Å². The molecule has 0 heterocycles. The van der Waals surface area contributed by atoms with Gasteiger partial charge in [-0.2, -0.15) is 0 Å². The average molecular weight is 441 g/mol. The molecular weight excluding hydrogens is 412 g/mol. The number of rotatable bonds is 9. The SMILES string of the molecule is CC(C)c1ccc(/C=C(\SS/C(=C/c2ccc(C(C)C)cc2)C(N)=O)C(N)=O)cc1. The van der Waals surface area contributed by atoms with Crippen molar-refractivity contribution in [2.24, 2.45) is 11.5 Å². The van der Waals surface area contributed by atoms with Gasteiger partial charge in [0.15, 0.2) is 0 Å². The second kappa shape index (κ2) is 11.1. The molecule has 30 heavy (non-hydrogen) atoms. The fraction of sp³-hybridized carbons (Fsp3) is 0.250. The number of primary amides is 2. The zero-order valence-electron chi connectivity index (χ0n) is 17.7. The maximum atomic E-state index is 11.9. The van der Waals surface area contributed by atoms with Gasteiger partial charge in [0.1, 0.15) is 0 Å². The molecule has 0 atom stereocenters. The molecule has 0 radical (unpaired) electrons. The molecule has 4 N–H and O–H groups in total. The summed E-state index contributed by atoms with van der Waals surface area (Å²) in [4.78, 5) is 24.5. The highest BCUT2D eigenvalue weighted by molar-refractivity contribution is 8.80. The minimum Gasteiger partial charge on any atom is -0.365 e. The molecule has 0 spiro atoms. The summed E-state index contributed by atoms with van der Waals surface area (Å²) in [5.41, 5.74) is 15.3. The second-order valence-electron chi connectivity index (χ2n) is 7.56. The van der Waals surface area contributed by atoms with E-state index in [1.54, 1.807) is 12.2 Å². The summed E-state index contributed by atoms with van der Waals surface area (Å²) in [5.74, 6) is -0.237. The monoisotopic (exact) mass is 440 g/mol. The van der Waals surface area contributed by atoms with Crippen molar-refractivity contribution in [3.8, 4) is 0 Å². The van der Waals surface area contributed by atoms with Gasteiger partial charge in [0.05, 0.1) is 9.81 Å². The molecule has 6 heteroatoms. The highest BCUT2D eigenvalue weighted by Gasteiger charge is 2.13. The van der Waals surface area contributed by atoms with Crippen molar-refractivity contribution < 1.29 is 9.59 Å². The largest absolute Gasteiger partial charge is 0.365 e. The molecule has 0 aliphatic heterocycles. The van der Waals surface area contributed by atoms with Gasteiger partial charge >= 0.3 is 0 Å². The van der Waals surface area contributed by atoms with Crippen LogP contribution in [-0.2, 0) is 9.59 Å². The van der Waals surface area contributed by atoms with Crippen molar-refractivity contribution >= 4 is 45.6 Å². The van der Waals surface area contributed by atoms with E-state index < -0.39 is 11.8 Å². The Bertz CT molecular complexity index is 865. The molecule has 0 saturated heterocycles. The van der Waals surface area contributed by atoms with E-state index in [4.69, 9.17) is 11.5 Å². The third-order valence-electron chi connectivity index (χ3n) is 4.51. The topological polar surface area (TPSA) is 86.2 Å². The van der Waals surface area contributed by atoms with Gasteiger partial charge in [0, 0.05) is 0 Å². The van der Waals surface area contributed by atoms with Crippen LogP contribution in [0.4, 0.5) is 0 Å². The van der Waals surface area contributed by atoms with E-state index in [2.05, 4.69) is 27.7 Å². The quantitative estimate of drug-likeness (QED) is 0.389. The van der Waals surface area contributed by atoms with Gasteiger partial charge in [-0.1, -0.05) is 76.2 Å². The van der Waals surface area contributed by atoms with E-state index in [1.165, 1.54) is 11.1 Å². The standard InChI is InChI=1S/C24H28N2O2S2/c1-15(2)19-9-5-17(6-10-19)13-21(23(25)27)29-30-22(24(26)28)14-18-7-11-20(12-8-18)16(3)4/h5-16H,1-4H3,(H2,25,27)(H2,26,28)/b21-13-,22-14+. The summed E-state index contributed by atoms with van der Waals surface area (Å²) in [6.45, 7) is 8.50. The molecule has 0 bridgehead atoms. The van der Waals surface area contributed by atoms with Gasteiger partial charge in [-0.15, -0.1) is 0 Å². The minimum atomic E-state index is -0.550. The first-order chi connectivity index (χ1) is 14.2. The van der Waals surface area contributed by atoms with Gasteiger partial charge in [0.2, 0.25) is 0 Å². The lowest BCUT2D eigenvalue weighted by molar-refractivity contribution is -0.114. The Morgan fingerprint density at radius 1 is 0.667 bits per heavy atom. The number of benzene rings is 2. The lowest BCUT2D eigenvalue weighted by Gasteiger charge is -2.08. The Labute approximate surface area is 186 Å². The minimum absolute atomic E-state index is 0.347. The van der Waals surface area contributed by atoms with Crippen molar-refractivity contribution in [1.82, 2.24) is 0 Å². The van der Waals surface area contributed by atoms with Gasteiger partial charge in [-0.3, -0.25) is 9.59 Å². The molecule has 2 amide bonds. The van der Waals surface area contributed by atoms with Crippen LogP contribution in [0.25, 0.3) is 12.2 Å². The average Bonchev–Trinajstić information content (AvgIpc) is 2.70. The van der Waals surface area contributed by atoms with Crippen molar-refractivity contribution in [1.29, 1.82) is 0 Å². The van der Waals surface area contributed by atoms with Crippen LogP contribution in [0.1, 0.15) is 61.8 Å². The van der Waals surface area contributed by atoms with Crippen LogP contribution in [0.3, 0.4) is 0 Å². The van der Waals surface area contributed by atoms with Crippen LogP contribution in [0.15, 0.2) is 58.3 Å². The summed E-state index contributed by atoms with van der Waals surface area (Å²) in [5, 5.41) is 0. The van der Waals surface area contributed by atoms with Crippen molar-refractivity contribution in [3.05, 3.63) is 80.6 Å². The molecule has 2 aromatic rings. The van der Waals surface area contributed by atoms with Crippen LogP contribution in [-0.4, -0.2) is 11.8 Å². The molecule has 0 aliphatic carbocycles. The number of hydrogen-bond donors (Lipinski definition) is 2. The highest BCUT2D eigenvalue weighted by atomic mass is 33.1. The van der Waals surface area contributed by atoms with Crippen LogP contribution < -0.4 is 11.5 Å². The predicted octanol–water partition coefficient (Wildman–Crippen LogP) is 5.67. The number of nitrogens with two attached hydrogens (primary N) is 2. The summed E-state index contributed by atoms with van der Waals surface area (Å²) < 4.78 is 0. The summed E-state index contributed by atoms with van der Waals surface area (Å²) in [7, 11) is 2.27. The highest BCUT2D eigenvalue weighted by Crippen LogP contribution is 2.38. The molecule has 4 nitrogen and oxygen atoms in total. The summed E-state index contributed by atoms with van der Waals surface area (Å²) >= 11 is 0. The maximum Gasteiger partial charge on any atom is 0.256 e. The number of amides is 2. The molecule has 2 aromatic carbocycles. The molecule has 0 fully saturated rings. The Hall–Kier alpha value is -2.44. The fourth-order valence-electron chi connectivity index (χ4n) is 2.62. The Kier molecular flexibility index (Phi) is 8.81. The zero-order valence-corrected chi connectivity index (χ0v) is 19.3. The first-order valence-corrected chi connectivity index (χ1v) is 11.9. The first kappa shape index (κ1) is 23.8. The van der Waals surface area contributed by atoms with E-state index in [9.17, 15) is 9.59 Å². The predicted molar refractivity (Wildman–Crippen MR) is 131 cm³/mol. The third kappa shape index (κ3) is 7.11. The Balaban J connectivity index is 2.19. The van der Waals surface area contributed by atoms with E-state index in [-0.39, 0.29) is 0 Å². The zero-order chi connectivity index (χ0) is 22.3. The summed E-state index contributed by atoms with van der Waals surface area (Å²) in [6, 6.07) is 15.9. The first-order valence-electron chi connectivity index (χ1n) is 9.74. The van der Waals surface area contributed by atoms with E-state index >= 15 is 0 Å². The maximum absolute atomic E-state index is 11.9. The summed E-state index contributed by atoms with van der Waals surface area (Å²) in [6.07, 6.45) is 3.44. The van der Waals surface area contributed by atoms with Crippen molar-refractivity contribution in [2.45, 2.75) is 39.5 Å². The van der Waals surface area contributed by atoms with Gasteiger partial charge in [-0.05, 0) is 67.8 Å². The van der Waals surface area contributed by atoms with Crippen LogP contribution in [0.5, 0.6) is 0 Å². The molecule has 2 rings (SSSR count). The molecule has 0 aromatic heterocycles. The van der Waals surface area contributed by atoms with E-state index in [0.29, 0.717) is 21.6 Å². The van der Waals surface area contributed by atoms with E-state index in [1.807, 2.05) is 48.5 Å². The molecular formula is C24H28N2O2S2. The fourth-order valence-corrected chi connectivity index (χ4v) is 4.65. The smallest absolute Gasteiger partial charge is 0.256 e. The van der Waals surface area contributed by atoms with E-state index in [0.717, 1.165) is 32.7 Å². The Morgan fingerprint density at radius 3 is 1.20 bits per heavy atom. The lowest BCUT2D eigenvalue weighted by atomic mass is 10.0. The number of carbonyl (C=O) groups is 2. The molecule has 0 aliphatic rings. The van der Waals surface area contributed by atoms with Gasteiger partial charge < -0.3 is 11.5 Å².